The van der Waals surface area contributed by atoms with Crippen molar-refractivity contribution in [3.8, 4) is 0 Å². The Morgan fingerprint density at radius 3 is 2.69 bits per heavy atom. The number of hydrogen-bond donors (Lipinski definition) is 2. The molecule has 0 spiro atoms. The highest BCUT2D eigenvalue weighted by Crippen LogP contribution is 2.08. The maximum Gasteiger partial charge on any atom is 0.269 e. The quantitative estimate of drug-likeness (QED) is 0.730. The second kappa shape index (κ2) is 6.06. The van der Waals surface area contributed by atoms with Crippen LogP contribution in [-0.2, 0) is 0 Å². The van der Waals surface area contributed by atoms with Crippen LogP contribution in [0, 0.1) is 0 Å². The largest absolute Gasteiger partial charge is 0.530 e. The highest BCUT2D eigenvalue weighted by molar-refractivity contribution is 9.10. The Balaban J connectivity index is 2.38. The third-order valence-electron chi connectivity index (χ3n) is 1.63. The number of nitrogens with zero attached hydrogens (tertiary/aromatic N) is 1. The van der Waals surface area contributed by atoms with E-state index in [-0.39, 0.29) is 24.7 Å². The smallest absolute Gasteiger partial charge is 0.269 e. The molecule has 16 heavy (non-hydrogen) atoms. The summed E-state index contributed by atoms with van der Waals surface area (Å²) in [6.45, 7) is 0.281. The van der Waals surface area contributed by atoms with Gasteiger partial charge in [-0.05, 0) is 12.1 Å². The van der Waals surface area contributed by atoms with Crippen molar-refractivity contribution in [1.29, 1.82) is 0 Å². The maximum absolute atomic E-state index is 11.5. The first kappa shape index (κ1) is 12.4. The fourth-order valence-electron chi connectivity index (χ4n) is 0.960. The van der Waals surface area contributed by atoms with Crippen LogP contribution >= 0.6 is 15.9 Å². The molecule has 0 saturated carbocycles. The Morgan fingerprint density at radius 2 is 2.06 bits per heavy atom. The topological polar surface area (TPSA) is 94.1 Å². The van der Waals surface area contributed by atoms with Gasteiger partial charge in [0.2, 0.25) is 0 Å². The third kappa shape index (κ3) is 4.26. The molecule has 0 aliphatic rings. The number of aromatic nitrogens is 1. The van der Waals surface area contributed by atoms with Crippen molar-refractivity contribution in [2.45, 2.75) is 0 Å². The first-order valence-corrected chi connectivity index (χ1v) is 5.23. The number of nitrogens with one attached hydrogen (secondary N) is 2. The van der Waals surface area contributed by atoms with Gasteiger partial charge in [0.15, 0.2) is 0 Å². The van der Waals surface area contributed by atoms with Gasteiger partial charge in [-0.1, -0.05) is 15.9 Å². The molecule has 6 nitrogen and oxygen atoms in total. The van der Waals surface area contributed by atoms with E-state index in [1.165, 1.54) is 6.20 Å². The Morgan fingerprint density at radius 1 is 1.38 bits per heavy atom. The molecular weight excluding hydrogens is 278 g/mol. The van der Waals surface area contributed by atoms with E-state index < -0.39 is 6.09 Å². The van der Waals surface area contributed by atoms with Crippen molar-refractivity contribution in [3.63, 3.8) is 0 Å². The molecule has 1 heterocycles. The summed E-state index contributed by atoms with van der Waals surface area (Å²) >= 11 is 3.21. The summed E-state index contributed by atoms with van der Waals surface area (Å²) in [4.78, 5) is 25.3. The predicted molar refractivity (Wildman–Crippen MR) is 57.7 cm³/mol. The van der Waals surface area contributed by atoms with E-state index in [1.807, 2.05) is 5.32 Å². The predicted octanol–water partition coefficient (Wildman–Crippen LogP) is -0.493. The Hall–Kier alpha value is -1.63. The fraction of sp³-hybridized carbons (Fsp3) is 0.222. The van der Waals surface area contributed by atoms with E-state index in [0.717, 1.165) is 4.47 Å². The molecule has 0 saturated heterocycles. The molecule has 0 aliphatic heterocycles. The molecule has 0 bridgehead atoms. The molecule has 86 valence electrons. The molecule has 1 aromatic heterocycles. The minimum absolute atomic E-state index is 0.0993. The first-order chi connectivity index (χ1) is 7.59. The standard InChI is InChI=1S/C9H10BrN3O3/c10-6-1-2-11-7(5-6)8(14)12-3-4-13-9(15)16/h1-2,5,13H,3-4H2,(H,12,14)(H,15,16)/p-1. The molecule has 0 aromatic carbocycles. The van der Waals surface area contributed by atoms with Gasteiger partial charge < -0.3 is 20.5 Å². The fourth-order valence-corrected chi connectivity index (χ4v) is 1.30. The van der Waals surface area contributed by atoms with Crippen LogP contribution in [0.5, 0.6) is 0 Å². The van der Waals surface area contributed by atoms with Crippen LogP contribution in [0.4, 0.5) is 4.79 Å². The molecular formula is C9H9BrN3O3-. The number of pyridine rings is 1. The van der Waals surface area contributed by atoms with Gasteiger partial charge in [0, 0.05) is 23.8 Å². The second-order valence-corrected chi connectivity index (χ2v) is 3.75. The molecule has 1 aromatic rings. The number of carbonyl (C=O) groups is 2. The van der Waals surface area contributed by atoms with E-state index in [2.05, 4.69) is 26.2 Å². The minimum atomic E-state index is -1.37. The summed E-state index contributed by atoms with van der Waals surface area (Å²) in [7, 11) is 0. The molecule has 0 fully saturated rings. The van der Waals surface area contributed by atoms with Crippen molar-refractivity contribution in [2.75, 3.05) is 13.1 Å². The first-order valence-electron chi connectivity index (χ1n) is 4.44. The van der Waals surface area contributed by atoms with Crippen LogP contribution in [0.15, 0.2) is 22.8 Å². The van der Waals surface area contributed by atoms with Crippen LogP contribution in [0.2, 0.25) is 0 Å². The average molecular weight is 287 g/mol. The van der Waals surface area contributed by atoms with Gasteiger partial charge in [-0.3, -0.25) is 9.78 Å². The van der Waals surface area contributed by atoms with Crippen LogP contribution in [0.1, 0.15) is 10.5 Å². The lowest BCUT2D eigenvalue weighted by molar-refractivity contribution is -0.250. The number of rotatable bonds is 4. The monoisotopic (exact) mass is 286 g/mol. The lowest BCUT2D eigenvalue weighted by Gasteiger charge is -2.07. The average Bonchev–Trinajstić information content (AvgIpc) is 2.24. The van der Waals surface area contributed by atoms with E-state index in [9.17, 15) is 14.7 Å². The number of halogens is 1. The van der Waals surface area contributed by atoms with E-state index in [4.69, 9.17) is 0 Å². The maximum atomic E-state index is 11.5. The Labute approximate surface area is 100 Å². The van der Waals surface area contributed by atoms with Crippen molar-refractivity contribution in [3.05, 3.63) is 28.5 Å². The summed E-state index contributed by atoms with van der Waals surface area (Å²) < 4.78 is 0.750. The molecule has 2 amide bonds. The van der Waals surface area contributed by atoms with Crippen molar-refractivity contribution >= 4 is 27.9 Å². The summed E-state index contributed by atoms with van der Waals surface area (Å²) in [5.41, 5.74) is 0.267. The van der Waals surface area contributed by atoms with E-state index in [1.54, 1.807) is 12.1 Å². The molecule has 2 N–H and O–H groups in total. The van der Waals surface area contributed by atoms with E-state index in [0.29, 0.717) is 0 Å². The van der Waals surface area contributed by atoms with Crippen LogP contribution in [-0.4, -0.2) is 30.1 Å². The molecule has 0 aliphatic carbocycles. The summed E-state index contributed by atoms with van der Waals surface area (Å²) in [6, 6.07) is 3.27. The van der Waals surface area contributed by atoms with Gasteiger partial charge in [0.25, 0.3) is 5.91 Å². The van der Waals surface area contributed by atoms with Gasteiger partial charge >= 0.3 is 0 Å². The zero-order valence-electron chi connectivity index (χ0n) is 8.20. The molecule has 1 rings (SSSR count). The number of hydrogen-bond acceptors (Lipinski definition) is 4. The van der Waals surface area contributed by atoms with E-state index >= 15 is 0 Å². The Kier molecular flexibility index (Phi) is 4.71. The van der Waals surface area contributed by atoms with Gasteiger partial charge in [-0.15, -0.1) is 0 Å². The molecule has 0 unspecified atom stereocenters. The molecule has 0 atom stereocenters. The summed E-state index contributed by atoms with van der Waals surface area (Å²) in [6.07, 6.45) is 0.133. The summed E-state index contributed by atoms with van der Waals surface area (Å²) in [5.74, 6) is -0.360. The zero-order chi connectivity index (χ0) is 12.0. The highest BCUT2D eigenvalue weighted by Gasteiger charge is 2.05. The van der Waals surface area contributed by atoms with Crippen LogP contribution in [0.25, 0.3) is 0 Å². The second-order valence-electron chi connectivity index (χ2n) is 2.83. The van der Waals surface area contributed by atoms with Gasteiger partial charge in [0.05, 0.1) is 0 Å². The van der Waals surface area contributed by atoms with Crippen LogP contribution in [0.3, 0.4) is 0 Å². The lowest BCUT2D eigenvalue weighted by atomic mass is 10.3. The van der Waals surface area contributed by atoms with Crippen molar-refractivity contribution in [2.24, 2.45) is 0 Å². The number of carboxylic acid groups (broad SMARTS) is 1. The third-order valence-corrected chi connectivity index (χ3v) is 2.13. The zero-order valence-corrected chi connectivity index (χ0v) is 9.78. The number of amides is 2. The van der Waals surface area contributed by atoms with Crippen molar-refractivity contribution in [1.82, 2.24) is 15.6 Å². The Bertz CT molecular complexity index is 397. The van der Waals surface area contributed by atoms with Gasteiger partial charge in [-0.2, -0.15) is 0 Å². The molecule has 7 heteroatoms. The van der Waals surface area contributed by atoms with Gasteiger partial charge in [0.1, 0.15) is 11.8 Å². The number of carbonyl (C=O) groups excluding carboxylic acids is 2. The van der Waals surface area contributed by atoms with Crippen molar-refractivity contribution < 1.29 is 14.7 Å². The van der Waals surface area contributed by atoms with Gasteiger partial charge in [-0.25, -0.2) is 0 Å². The molecule has 0 radical (unpaired) electrons. The van der Waals surface area contributed by atoms with Crippen LogP contribution < -0.4 is 15.7 Å². The highest BCUT2D eigenvalue weighted by atomic mass is 79.9. The lowest BCUT2D eigenvalue weighted by Crippen LogP contribution is -2.41. The SMILES string of the molecule is O=C([O-])NCCNC(=O)c1cc(Br)ccn1. The normalized spacial score (nSPS) is 9.56. The minimum Gasteiger partial charge on any atom is -0.530 e. The summed E-state index contributed by atoms with van der Waals surface area (Å²) in [5, 5.41) is 14.5.